The fourth-order valence-electron chi connectivity index (χ4n) is 0.715. The number of hydrogen-bond donors (Lipinski definition) is 3. The third-order valence-corrected chi connectivity index (χ3v) is 1.82. The molecule has 4 N–H and O–H groups in total. The molecule has 0 spiro atoms. The molecule has 1 rings (SSSR count). The van der Waals surface area contributed by atoms with Crippen molar-refractivity contribution in [2.24, 2.45) is 5.73 Å². The Labute approximate surface area is 66.0 Å². The molecule has 5 heteroatoms. The Morgan fingerprint density at radius 3 is 2.60 bits per heavy atom. The molecule has 0 fully saturated rings. The van der Waals surface area contributed by atoms with E-state index >= 15 is 0 Å². The highest BCUT2D eigenvalue weighted by atomic mass is 79.9. The second-order valence-electron chi connectivity index (χ2n) is 1.91. The number of aromatic amines is 2. The molecular weight excluding hydrogens is 198 g/mol. The van der Waals surface area contributed by atoms with Crippen molar-refractivity contribution in [2.75, 3.05) is 6.54 Å². The Bertz CT molecular complexity index is 264. The van der Waals surface area contributed by atoms with Gasteiger partial charge >= 0.3 is 5.69 Å². The average molecular weight is 206 g/mol. The Morgan fingerprint density at radius 1 is 1.50 bits per heavy atom. The molecule has 0 atom stereocenters. The molecule has 56 valence electrons. The van der Waals surface area contributed by atoms with Gasteiger partial charge in [-0.25, -0.2) is 4.79 Å². The molecule has 0 saturated carbocycles. The summed E-state index contributed by atoms with van der Waals surface area (Å²) in [6, 6.07) is 0. The van der Waals surface area contributed by atoms with Crippen LogP contribution >= 0.6 is 15.9 Å². The SMILES string of the molecule is NCCc1[nH]c(=O)[nH]c1Br. The Balaban J connectivity index is 2.92. The number of halogens is 1. The lowest BCUT2D eigenvalue weighted by Gasteiger charge is -1.90. The van der Waals surface area contributed by atoms with Gasteiger partial charge in [0, 0.05) is 6.42 Å². The number of rotatable bonds is 2. The maximum atomic E-state index is 10.6. The quantitative estimate of drug-likeness (QED) is 0.635. The predicted octanol–water partition coefficient (Wildman–Crippen LogP) is -0.0333. The molecule has 1 heterocycles. The second kappa shape index (κ2) is 3.03. The zero-order chi connectivity index (χ0) is 7.56. The topological polar surface area (TPSA) is 74.7 Å². The van der Waals surface area contributed by atoms with E-state index in [1.54, 1.807) is 0 Å². The van der Waals surface area contributed by atoms with Gasteiger partial charge in [0.25, 0.3) is 0 Å². The smallest absolute Gasteiger partial charge is 0.323 e. The van der Waals surface area contributed by atoms with Gasteiger partial charge < -0.3 is 15.7 Å². The summed E-state index contributed by atoms with van der Waals surface area (Å²) >= 11 is 3.18. The summed E-state index contributed by atoms with van der Waals surface area (Å²) in [6.07, 6.45) is 0.680. The number of nitrogens with one attached hydrogen (secondary N) is 2. The van der Waals surface area contributed by atoms with Crippen LogP contribution in [0.2, 0.25) is 0 Å². The molecule has 0 radical (unpaired) electrons. The van der Waals surface area contributed by atoms with Crippen LogP contribution in [0.25, 0.3) is 0 Å². The molecule has 0 aliphatic rings. The van der Waals surface area contributed by atoms with Crippen molar-refractivity contribution >= 4 is 15.9 Å². The van der Waals surface area contributed by atoms with Crippen LogP contribution in [0, 0.1) is 0 Å². The standard InChI is InChI=1S/C5H8BrN3O/c6-4-3(1-2-7)8-5(10)9-4/h1-2,7H2,(H2,8,9,10). The molecule has 0 aliphatic heterocycles. The number of aromatic nitrogens is 2. The Morgan fingerprint density at radius 2 is 2.20 bits per heavy atom. The van der Waals surface area contributed by atoms with E-state index in [0.29, 0.717) is 17.6 Å². The van der Waals surface area contributed by atoms with Crippen LogP contribution in [0.15, 0.2) is 9.40 Å². The molecule has 0 aliphatic carbocycles. The highest BCUT2D eigenvalue weighted by molar-refractivity contribution is 9.10. The van der Waals surface area contributed by atoms with E-state index < -0.39 is 0 Å². The van der Waals surface area contributed by atoms with Gasteiger partial charge in [-0.1, -0.05) is 0 Å². The van der Waals surface area contributed by atoms with E-state index in [4.69, 9.17) is 5.73 Å². The van der Waals surface area contributed by atoms with E-state index in [-0.39, 0.29) is 5.69 Å². The minimum atomic E-state index is -0.199. The molecule has 0 unspecified atom stereocenters. The summed E-state index contributed by atoms with van der Waals surface area (Å²) in [6.45, 7) is 0.534. The maximum absolute atomic E-state index is 10.6. The molecule has 0 saturated heterocycles. The summed E-state index contributed by atoms with van der Waals surface area (Å²) in [5.41, 5.74) is 5.91. The van der Waals surface area contributed by atoms with Crippen molar-refractivity contribution in [3.05, 3.63) is 20.8 Å². The van der Waals surface area contributed by atoms with Crippen LogP contribution in [0.3, 0.4) is 0 Å². The molecular formula is C5H8BrN3O. The average Bonchev–Trinajstić information content (AvgIpc) is 2.13. The minimum Gasteiger partial charge on any atom is -0.330 e. The van der Waals surface area contributed by atoms with E-state index in [9.17, 15) is 4.79 Å². The Kier molecular flexibility index (Phi) is 2.29. The van der Waals surface area contributed by atoms with Crippen LogP contribution in [0.4, 0.5) is 0 Å². The zero-order valence-corrected chi connectivity index (χ0v) is 6.86. The third kappa shape index (κ3) is 1.48. The van der Waals surface area contributed by atoms with Crippen LogP contribution < -0.4 is 11.4 Å². The van der Waals surface area contributed by atoms with Gasteiger partial charge in [-0.15, -0.1) is 0 Å². The van der Waals surface area contributed by atoms with Gasteiger partial charge in [-0.2, -0.15) is 0 Å². The molecule has 4 nitrogen and oxygen atoms in total. The first-order valence-electron chi connectivity index (χ1n) is 2.90. The minimum absolute atomic E-state index is 0.199. The molecule has 0 bridgehead atoms. The summed E-state index contributed by atoms with van der Waals surface area (Å²) in [7, 11) is 0. The van der Waals surface area contributed by atoms with Crippen molar-refractivity contribution in [2.45, 2.75) is 6.42 Å². The van der Waals surface area contributed by atoms with Gasteiger partial charge in [0.2, 0.25) is 0 Å². The first-order chi connectivity index (χ1) is 4.74. The number of H-pyrrole nitrogens is 2. The zero-order valence-electron chi connectivity index (χ0n) is 5.28. The van der Waals surface area contributed by atoms with Crippen LogP contribution in [0.1, 0.15) is 5.69 Å². The van der Waals surface area contributed by atoms with E-state index in [1.807, 2.05) is 0 Å². The van der Waals surface area contributed by atoms with Gasteiger partial charge in [0.05, 0.1) is 5.69 Å². The summed E-state index contributed by atoms with van der Waals surface area (Å²) in [4.78, 5) is 15.8. The largest absolute Gasteiger partial charge is 0.330 e. The van der Waals surface area contributed by atoms with Crippen molar-refractivity contribution < 1.29 is 0 Å². The summed E-state index contributed by atoms with van der Waals surface area (Å²) in [5, 5.41) is 0. The van der Waals surface area contributed by atoms with Crippen LogP contribution in [-0.2, 0) is 6.42 Å². The van der Waals surface area contributed by atoms with Crippen molar-refractivity contribution in [3.63, 3.8) is 0 Å². The summed E-state index contributed by atoms with van der Waals surface area (Å²) in [5.74, 6) is 0. The van der Waals surface area contributed by atoms with Gasteiger partial charge in [0.1, 0.15) is 4.60 Å². The van der Waals surface area contributed by atoms with Gasteiger partial charge in [-0.05, 0) is 22.5 Å². The lowest BCUT2D eigenvalue weighted by Crippen LogP contribution is -2.05. The first-order valence-corrected chi connectivity index (χ1v) is 3.70. The second-order valence-corrected chi connectivity index (χ2v) is 2.70. The lowest BCUT2D eigenvalue weighted by molar-refractivity contribution is 0.925. The number of hydrogen-bond acceptors (Lipinski definition) is 2. The van der Waals surface area contributed by atoms with Crippen LogP contribution in [0.5, 0.6) is 0 Å². The number of nitrogens with two attached hydrogens (primary N) is 1. The molecule has 10 heavy (non-hydrogen) atoms. The molecule has 0 aromatic carbocycles. The predicted molar refractivity (Wildman–Crippen MR) is 41.9 cm³/mol. The van der Waals surface area contributed by atoms with E-state index in [2.05, 4.69) is 25.9 Å². The van der Waals surface area contributed by atoms with Crippen molar-refractivity contribution in [1.82, 2.24) is 9.97 Å². The fraction of sp³-hybridized carbons (Fsp3) is 0.400. The molecule has 1 aromatic rings. The van der Waals surface area contributed by atoms with E-state index in [1.165, 1.54) is 0 Å². The summed E-state index contributed by atoms with van der Waals surface area (Å²) < 4.78 is 0.697. The van der Waals surface area contributed by atoms with Gasteiger partial charge in [-0.3, -0.25) is 0 Å². The molecule has 1 aromatic heterocycles. The first kappa shape index (κ1) is 7.56. The van der Waals surface area contributed by atoms with Crippen molar-refractivity contribution in [1.29, 1.82) is 0 Å². The maximum Gasteiger partial charge on any atom is 0.323 e. The number of imidazole rings is 1. The van der Waals surface area contributed by atoms with Crippen molar-refractivity contribution in [3.8, 4) is 0 Å². The van der Waals surface area contributed by atoms with Gasteiger partial charge in [0.15, 0.2) is 0 Å². The molecule has 0 amide bonds. The third-order valence-electron chi connectivity index (χ3n) is 1.15. The van der Waals surface area contributed by atoms with Crippen LogP contribution in [-0.4, -0.2) is 16.5 Å². The normalized spacial score (nSPS) is 10.2. The van der Waals surface area contributed by atoms with E-state index in [0.717, 1.165) is 5.69 Å². The Hall–Kier alpha value is -0.550. The fourth-order valence-corrected chi connectivity index (χ4v) is 1.19. The highest BCUT2D eigenvalue weighted by Gasteiger charge is 2.00. The lowest BCUT2D eigenvalue weighted by atomic mass is 10.3. The highest BCUT2D eigenvalue weighted by Crippen LogP contribution is 2.07. The monoisotopic (exact) mass is 205 g/mol.